The summed E-state index contributed by atoms with van der Waals surface area (Å²) in [5.41, 5.74) is 5.71. The number of hydrogen-bond donors (Lipinski definition) is 2. The van der Waals surface area contributed by atoms with Crippen molar-refractivity contribution in [3.63, 3.8) is 0 Å². The van der Waals surface area contributed by atoms with Crippen molar-refractivity contribution in [1.29, 1.82) is 0 Å². The highest BCUT2D eigenvalue weighted by Crippen LogP contribution is 2.21. The van der Waals surface area contributed by atoms with Gasteiger partial charge in [0, 0.05) is 18.2 Å². The van der Waals surface area contributed by atoms with E-state index in [-0.39, 0.29) is 17.3 Å². The summed E-state index contributed by atoms with van der Waals surface area (Å²) in [6, 6.07) is 4.00. The van der Waals surface area contributed by atoms with Crippen LogP contribution in [0.15, 0.2) is 18.2 Å². The molecular formula is C13H19N3O3S. The zero-order valence-corrected chi connectivity index (χ0v) is 12.2. The molecule has 0 fully saturated rings. The van der Waals surface area contributed by atoms with Crippen LogP contribution in [0.5, 0.6) is 0 Å². The molecule has 0 aliphatic rings. The second-order valence-electron chi connectivity index (χ2n) is 4.34. The maximum absolute atomic E-state index is 11.8. The Balaban J connectivity index is 2.44. The van der Waals surface area contributed by atoms with Crippen LogP contribution in [0.25, 0.3) is 0 Å². The zero-order chi connectivity index (χ0) is 15.0. The topological polar surface area (TPSA) is 98.3 Å². The number of nitrogens with zero attached hydrogens (tertiary/aromatic N) is 1. The third-order valence-electron chi connectivity index (χ3n) is 2.80. The minimum Gasteiger partial charge on any atom is -0.393 e. The molecule has 1 amide bonds. The molecule has 1 aromatic carbocycles. The number of hydrogen-bond acceptors (Lipinski definition) is 5. The van der Waals surface area contributed by atoms with Gasteiger partial charge in [0.25, 0.3) is 11.6 Å². The largest absolute Gasteiger partial charge is 0.393 e. The van der Waals surface area contributed by atoms with Crippen molar-refractivity contribution < 1.29 is 9.72 Å². The lowest BCUT2D eigenvalue weighted by Crippen LogP contribution is -2.24. The van der Waals surface area contributed by atoms with Crippen LogP contribution < -0.4 is 11.1 Å². The summed E-state index contributed by atoms with van der Waals surface area (Å²) in [7, 11) is 0. The average molecular weight is 297 g/mol. The van der Waals surface area contributed by atoms with Gasteiger partial charge >= 0.3 is 0 Å². The van der Waals surface area contributed by atoms with Crippen molar-refractivity contribution in [1.82, 2.24) is 5.32 Å². The fourth-order valence-corrected chi connectivity index (χ4v) is 2.21. The molecule has 1 aromatic rings. The second-order valence-corrected chi connectivity index (χ2v) is 5.33. The molecule has 0 radical (unpaired) electrons. The minimum atomic E-state index is -0.567. The number of nitrogens with one attached hydrogen (secondary N) is 1. The van der Waals surface area contributed by atoms with Crippen molar-refractivity contribution in [2.24, 2.45) is 0 Å². The Morgan fingerprint density at radius 1 is 1.40 bits per heavy atom. The van der Waals surface area contributed by atoms with E-state index in [1.54, 1.807) is 0 Å². The van der Waals surface area contributed by atoms with E-state index in [4.69, 9.17) is 5.73 Å². The number of amides is 1. The number of nitro benzene ring substituents is 1. The Labute approximate surface area is 122 Å². The van der Waals surface area contributed by atoms with Gasteiger partial charge in [-0.25, -0.2) is 0 Å². The smallest absolute Gasteiger partial charge is 0.292 e. The summed E-state index contributed by atoms with van der Waals surface area (Å²) in [6.07, 6.45) is 5.21. The van der Waals surface area contributed by atoms with E-state index in [1.165, 1.54) is 18.2 Å². The van der Waals surface area contributed by atoms with E-state index >= 15 is 0 Å². The molecular weight excluding hydrogens is 278 g/mol. The van der Waals surface area contributed by atoms with Gasteiger partial charge in [-0.05, 0) is 37.0 Å². The van der Waals surface area contributed by atoms with Crippen LogP contribution in [-0.2, 0) is 0 Å². The molecule has 0 bridgehead atoms. The van der Waals surface area contributed by atoms with Crippen LogP contribution in [0.4, 0.5) is 11.4 Å². The van der Waals surface area contributed by atoms with E-state index in [0.717, 1.165) is 25.0 Å². The summed E-state index contributed by atoms with van der Waals surface area (Å²) in [6.45, 7) is 0.601. The van der Waals surface area contributed by atoms with E-state index in [2.05, 4.69) is 11.6 Å². The Kier molecular flexibility index (Phi) is 6.86. The van der Waals surface area contributed by atoms with Crippen molar-refractivity contribution in [3.05, 3.63) is 33.9 Å². The molecule has 0 atom stereocenters. The first-order chi connectivity index (χ1) is 9.56. The standard InChI is InChI=1S/C13H19N3O3S/c1-20-8-4-2-3-7-15-13(17)10-5-6-12(16(18)19)11(14)9-10/h5-6,9H,2-4,7-8,14H2,1H3,(H,15,17). The molecule has 0 saturated carbocycles. The highest BCUT2D eigenvalue weighted by Gasteiger charge is 2.14. The third-order valence-corrected chi connectivity index (χ3v) is 3.49. The van der Waals surface area contributed by atoms with Crippen molar-refractivity contribution in [2.75, 3.05) is 24.3 Å². The predicted octanol–water partition coefficient (Wildman–Crippen LogP) is 2.44. The Hall–Kier alpha value is -1.76. The van der Waals surface area contributed by atoms with Crippen LogP contribution in [0.2, 0.25) is 0 Å². The number of rotatable bonds is 8. The van der Waals surface area contributed by atoms with Crippen molar-refractivity contribution in [3.8, 4) is 0 Å². The van der Waals surface area contributed by atoms with Gasteiger partial charge in [-0.15, -0.1) is 0 Å². The van der Waals surface area contributed by atoms with E-state index in [0.29, 0.717) is 12.1 Å². The Morgan fingerprint density at radius 3 is 2.75 bits per heavy atom. The minimum absolute atomic E-state index is 0.00243. The van der Waals surface area contributed by atoms with Gasteiger partial charge in [0.1, 0.15) is 5.69 Å². The summed E-state index contributed by atoms with van der Waals surface area (Å²) in [5, 5.41) is 13.4. The number of nitro groups is 1. The second kappa shape index (κ2) is 8.42. The number of benzene rings is 1. The molecule has 0 aromatic heterocycles. The monoisotopic (exact) mass is 297 g/mol. The van der Waals surface area contributed by atoms with Gasteiger partial charge in [0.05, 0.1) is 4.92 Å². The summed E-state index contributed by atoms with van der Waals surface area (Å²) in [4.78, 5) is 21.9. The Bertz CT molecular complexity index is 480. The van der Waals surface area contributed by atoms with E-state index in [1.807, 2.05) is 11.8 Å². The number of carbonyl (C=O) groups is 1. The van der Waals surface area contributed by atoms with Crippen LogP contribution in [0, 0.1) is 10.1 Å². The van der Waals surface area contributed by atoms with E-state index in [9.17, 15) is 14.9 Å². The predicted molar refractivity (Wildman–Crippen MR) is 82.1 cm³/mol. The maximum atomic E-state index is 11.8. The fraction of sp³-hybridized carbons (Fsp3) is 0.462. The molecule has 0 unspecified atom stereocenters. The summed E-state index contributed by atoms with van der Waals surface area (Å²) < 4.78 is 0. The van der Waals surface area contributed by atoms with Gasteiger partial charge in [0.15, 0.2) is 0 Å². The average Bonchev–Trinajstić information content (AvgIpc) is 2.41. The molecule has 3 N–H and O–H groups in total. The van der Waals surface area contributed by atoms with Gasteiger partial charge in [-0.3, -0.25) is 14.9 Å². The number of nitrogen functional groups attached to an aromatic ring is 1. The zero-order valence-electron chi connectivity index (χ0n) is 11.4. The van der Waals surface area contributed by atoms with Gasteiger partial charge < -0.3 is 11.1 Å². The molecule has 20 heavy (non-hydrogen) atoms. The quantitative estimate of drug-likeness (QED) is 0.332. The van der Waals surface area contributed by atoms with Gasteiger partial charge in [-0.1, -0.05) is 6.42 Å². The fourth-order valence-electron chi connectivity index (χ4n) is 1.71. The number of anilines is 1. The lowest BCUT2D eigenvalue weighted by molar-refractivity contribution is -0.383. The number of thioether (sulfide) groups is 1. The van der Waals surface area contributed by atoms with Gasteiger partial charge in [0.2, 0.25) is 0 Å². The first kappa shape index (κ1) is 16.3. The summed E-state index contributed by atoms with van der Waals surface area (Å²) >= 11 is 1.81. The molecule has 110 valence electrons. The molecule has 1 rings (SSSR count). The normalized spacial score (nSPS) is 10.2. The third kappa shape index (κ3) is 5.08. The maximum Gasteiger partial charge on any atom is 0.292 e. The molecule has 0 saturated heterocycles. The molecule has 0 heterocycles. The van der Waals surface area contributed by atoms with Crippen LogP contribution in [0.3, 0.4) is 0 Å². The number of nitrogens with two attached hydrogens (primary N) is 1. The lowest BCUT2D eigenvalue weighted by Gasteiger charge is -2.06. The molecule has 0 spiro atoms. The first-order valence-corrected chi connectivity index (χ1v) is 7.76. The van der Waals surface area contributed by atoms with Crippen molar-refractivity contribution in [2.45, 2.75) is 19.3 Å². The van der Waals surface area contributed by atoms with Gasteiger partial charge in [-0.2, -0.15) is 11.8 Å². The van der Waals surface area contributed by atoms with Crippen LogP contribution >= 0.6 is 11.8 Å². The molecule has 6 nitrogen and oxygen atoms in total. The Morgan fingerprint density at radius 2 is 2.15 bits per heavy atom. The number of carbonyl (C=O) groups excluding carboxylic acids is 1. The van der Waals surface area contributed by atoms with Crippen LogP contribution in [0.1, 0.15) is 29.6 Å². The first-order valence-electron chi connectivity index (χ1n) is 6.37. The van der Waals surface area contributed by atoms with Crippen molar-refractivity contribution >= 4 is 29.0 Å². The lowest BCUT2D eigenvalue weighted by atomic mass is 10.1. The molecule has 7 heteroatoms. The SMILES string of the molecule is CSCCCCCNC(=O)c1ccc([N+](=O)[O-])c(N)c1. The molecule has 0 aliphatic carbocycles. The van der Waals surface area contributed by atoms with E-state index < -0.39 is 4.92 Å². The van der Waals surface area contributed by atoms with Crippen LogP contribution in [-0.4, -0.2) is 29.4 Å². The highest BCUT2D eigenvalue weighted by atomic mass is 32.2. The summed E-state index contributed by atoms with van der Waals surface area (Å²) in [5.74, 6) is 0.879. The highest BCUT2D eigenvalue weighted by molar-refractivity contribution is 7.98. The number of unbranched alkanes of at least 4 members (excludes halogenated alkanes) is 2. The molecule has 0 aliphatic heterocycles.